The third kappa shape index (κ3) is 28.9. The Morgan fingerprint density at radius 2 is 1.31 bits per heavy atom. The maximum Gasteiger partial charge on any atom is 0.312 e. The normalized spacial score (nSPS) is 16.6. The number of carbonyl (C=O) groups is 9. The number of nitrogens with one attached hydrogen (secondary N) is 4. The molecule has 12 atom stereocenters. The van der Waals surface area contributed by atoms with Gasteiger partial charge in [-0.25, -0.2) is 4.79 Å². The zero-order chi connectivity index (χ0) is 74.3. The molecule has 0 saturated carbocycles. The summed E-state index contributed by atoms with van der Waals surface area (Å²) < 4.78 is 18.2. The number of hydrogen-bond acceptors (Lipinski definition) is 13. The van der Waals surface area contributed by atoms with Gasteiger partial charge < -0.3 is 51.0 Å². The number of benzene rings is 3. The number of ether oxygens (including phenoxy) is 3. The molecule has 1 heterocycles. The Kier molecular flexibility index (Phi) is 38.0. The number of methoxy groups -OCH3 is 2. The molecule has 0 aliphatic carbocycles. The zero-order valence-electron chi connectivity index (χ0n) is 63.6. The second-order valence-corrected chi connectivity index (χ2v) is 29.8. The molecule has 0 spiro atoms. The van der Waals surface area contributed by atoms with Gasteiger partial charge in [0.1, 0.15) is 6.61 Å². The molecule has 6 N–H and O–H groups in total. The number of nitrogens with zero attached hydrogens (tertiary/aromatic N) is 3. The number of ketones is 2. The number of nitrogens with two attached hydrogens (primary N) is 1. The SMILES string of the molecule is CC(=O)[C@@H](NC(=O)CCCCCC(C)(C)C)C(C)C.CC[C@@H](CCCNC(N)=O)C(=O)Nc1ccc(COC(=O)CC(c2ccccc2)[C@H](NC(=O)[C@@H](C)[C@H](OC)[C@H]2CCCN2C(=O)C[C@H](OC)C([C@H](C)CC)N(C)C(=O)[C@H](CC(=O)[C@@H](C(C)C)N(C)C)C(C)C)c2ccccc2)cc1. The topological polar surface area (TPSA) is 265 Å². The Balaban J connectivity index is 0.00000116. The van der Waals surface area contributed by atoms with Crippen LogP contribution in [0, 0.1) is 46.8 Å². The van der Waals surface area contributed by atoms with E-state index in [2.05, 4.69) is 55.9 Å². The molecule has 1 fully saturated rings. The van der Waals surface area contributed by atoms with Crippen molar-refractivity contribution in [3.63, 3.8) is 0 Å². The number of unbranched alkanes of at least 4 members (excludes halogenated alkanes) is 2. The van der Waals surface area contributed by atoms with Crippen LogP contribution in [-0.4, -0.2) is 153 Å². The van der Waals surface area contributed by atoms with E-state index in [1.54, 1.807) is 57.4 Å². The van der Waals surface area contributed by atoms with E-state index in [9.17, 15) is 43.2 Å². The van der Waals surface area contributed by atoms with Crippen molar-refractivity contribution < 1.29 is 57.4 Å². The lowest BCUT2D eigenvalue weighted by atomic mass is 9.83. The zero-order valence-corrected chi connectivity index (χ0v) is 63.6. The van der Waals surface area contributed by atoms with Gasteiger partial charge in [0.25, 0.3) is 0 Å². The minimum atomic E-state index is -0.743. The van der Waals surface area contributed by atoms with Gasteiger partial charge in [-0.3, -0.25) is 43.3 Å². The molecule has 20 heteroatoms. The van der Waals surface area contributed by atoms with Crippen LogP contribution in [0.25, 0.3) is 0 Å². The molecule has 1 saturated heterocycles. The molecular weight excluding hydrogens is 1250 g/mol. The summed E-state index contributed by atoms with van der Waals surface area (Å²) in [5.74, 6) is -3.16. The van der Waals surface area contributed by atoms with Crippen LogP contribution < -0.4 is 27.0 Å². The number of rotatable bonds is 41. The van der Waals surface area contributed by atoms with E-state index in [-0.39, 0.29) is 109 Å². The maximum absolute atomic E-state index is 14.8. The van der Waals surface area contributed by atoms with E-state index in [0.29, 0.717) is 62.7 Å². The van der Waals surface area contributed by atoms with Crippen molar-refractivity contribution in [2.75, 3.05) is 53.8 Å². The summed E-state index contributed by atoms with van der Waals surface area (Å²) >= 11 is 0. The van der Waals surface area contributed by atoms with Crippen molar-refractivity contribution in [2.45, 2.75) is 242 Å². The molecule has 554 valence electrons. The molecule has 1 aliphatic heterocycles. The van der Waals surface area contributed by atoms with Gasteiger partial charge in [-0.15, -0.1) is 0 Å². The van der Waals surface area contributed by atoms with Gasteiger partial charge in [0, 0.05) is 70.6 Å². The minimum Gasteiger partial charge on any atom is -0.461 e. The quantitative estimate of drug-likeness (QED) is 0.0262. The third-order valence-electron chi connectivity index (χ3n) is 19.6. The first-order valence-electron chi connectivity index (χ1n) is 36.3. The molecule has 7 amide bonds. The van der Waals surface area contributed by atoms with Gasteiger partial charge in [-0.2, -0.15) is 0 Å². The van der Waals surface area contributed by atoms with E-state index < -0.39 is 60.1 Å². The van der Waals surface area contributed by atoms with Gasteiger partial charge >= 0.3 is 12.0 Å². The van der Waals surface area contributed by atoms with Crippen LogP contribution in [-0.2, 0) is 59.2 Å². The third-order valence-corrected chi connectivity index (χ3v) is 19.6. The second-order valence-electron chi connectivity index (χ2n) is 29.8. The Bertz CT molecular complexity index is 2950. The number of esters is 1. The van der Waals surface area contributed by atoms with E-state index in [4.69, 9.17) is 19.9 Å². The molecule has 0 bridgehead atoms. The van der Waals surface area contributed by atoms with Crippen LogP contribution in [0.1, 0.15) is 215 Å². The molecule has 0 aromatic heterocycles. The summed E-state index contributed by atoms with van der Waals surface area (Å²) in [6.07, 6.45) is 7.43. The van der Waals surface area contributed by atoms with E-state index in [0.717, 1.165) is 42.4 Å². The first-order valence-corrected chi connectivity index (χ1v) is 36.3. The van der Waals surface area contributed by atoms with Crippen LogP contribution in [0.3, 0.4) is 0 Å². The number of anilines is 1. The molecule has 3 aromatic carbocycles. The molecule has 4 rings (SSSR count). The number of carbonyl (C=O) groups excluding carboxylic acids is 9. The van der Waals surface area contributed by atoms with Gasteiger partial charge in [0.05, 0.1) is 61.2 Å². The summed E-state index contributed by atoms with van der Waals surface area (Å²) in [5, 5.41) is 11.7. The van der Waals surface area contributed by atoms with Gasteiger partial charge in [0.15, 0.2) is 11.6 Å². The molecular formula is C79H126N8O12. The molecule has 2 unspecified atom stereocenters. The molecule has 1 aliphatic rings. The van der Waals surface area contributed by atoms with Crippen molar-refractivity contribution in [1.29, 1.82) is 0 Å². The number of hydrogen-bond donors (Lipinski definition) is 5. The Hall–Kier alpha value is -7.03. The Morgan fingerprint density at radius 1 is 0.697 bits per heavy atom. The Labute approximate surface area is 593 Å². The Morgan fingerprint density at radius 3 is 1.83 bits per heavy atom. The lowest BCUT2D eigenvalue weighted by molar-refractivity contribution is -0.149. The highest BCUT2D eigenvalue weighted by Gasteiger charge is 2.44. The van der Waals surface area contributed by atoms with Crippen LogP contribution in [0.5, 0.6) is 0 Å². The van der Waals surface area contributed by atoms with Crippen molar-refractivity contribution in [1.82, 2.24) is 30.7 Å². The van der Waals surface area contributed by atoms with Crippen LogP contribution in [0.4, 0.5) is 10.5 Å². The maximum atomic E-state index is 14.8. The second kappa shape index (κ2) is 43.6. The summed E-state index contributed by atoms with van der Waals surface area (Å²) in [6.45, 7) is 28.8. The first-order chi connectivity index (χ1) is 46.7. The molecule has 20 nitrogen and oxygen atoms in total. The largest absolute Gasteiger partial charge is 0.461 e. The number of primary amides is 1. The molecule has 0 radical (unpaired) electrons. The predicted octanol–water partition coefficient (Wildman–Crippen LogP) is 12.6. The smallest absolute Gasteiger partial charge is 0.312 e. The fourth-order valence-electron chi connectivity index (χ4n) is 13.8. The fourth-order valence-corrected chi connectivity index (χ4v) is 13.8. The standard InChI is InChI=1S/C63H95N7O10.C16H31NO2/c1-14-42(7)58(69(11)62(76)49(40(3)4)36-52(71)57(41(5)6)68(9)10)53(78-12)38-54(72)70-35-23-29-51(70)59(79-13)43(8)60(74)67-56(47-26-20-17-21-27-47)50(46-24-18-16-19-25-46)37-55(73)80-39-44-30-32-48(33-31-44)66-61(75)45(15-2)28-22-34-65-63(64)77;1-12(2)15(13(3)18)17-14(19)10-8-7-9-11-16(4,5)6/h16-21,24-27,30-33,40-43,45,49-51,53,56-59H,14-15,22-23,28-29,34-39H2,1-13H3,(H,66,75)(H,67,74)(H3,64,65,77);12,15H,7-11H2,1-6H3,(H,17,19)/t42-,43+,45+,49-,50?,51-,53+,56-,57-,58?,59+;15-/m10/s1. The van der Waals surface area contributed by atoms with E-state index in [1.165, 1.54) is 13.3 Å². The average Bonchev–Trinajstić information content (AvgIpc) is 1.78. The van der Waals surface area contributed by atoms with Crippen molar-refractivity contribution in [2.24, 2.45) is 52.6 Å². The highest BCUT2D eigenvalue weighted by Crippen LogP contribution is 2.37. The number of likely N-dealkylation sites (N-methyl/N-ethyl adjacent to an activating group) is 2. The lowest BCUT2D eigenvalue weighted by Crippen LogP contribution is -2.54. The van der Waals surface area contributed by atoms with Gasteiger partial charge in [0.2, 0.25) is 29.5 Å². The average molecular weight is 1380 g/mol. The highest BCUT2D eigenvalue weighted by atomic mass is 16.5. The minimum absolute atomic E-state index is 0.00431. The van der Waals surface area contributed by atoms with Gasteiger partial charge in [-0.05, 0) is 124 Å². The van der Waals surface area contributed by atoms with Crippen molar-refractivity contribution in [3.8, 4) is 0 Å². The summed E-state index contributed by atoms with van der Waals surface area (Å²) in [4.78, 5) is 124. The summed E-state index contributed by atoms with van der Waals surface area (Å²) in [7, 11) is 8.68. The monoisotopic (exact) mass is 1380 g/mol. The first kappa shape index (κ1) is 86.2. The lowest BCUT2D eigenvalue weighted by Gasteiger charge is -2.41. The van der Waals surface area contributed by atoms with E-state index in [1.807, 2.05) is 133 Å². The summed E-state index contributed by atoms with van der Waals surface area (Å²) in [6, 6.07) is 23.4. The number of Topliss-reactive ketones (excluding diaryl/α,β-unsaturated/α-hetero) is 2. The number of likely N-dealkylation sites (tertiary alicyclic amines) is 1. The molecule has 99 heavy (non-hydrogen) atoms. The molecule has 3 aromatic rings. The van der Waals surface area contributed by atoms with Crippen LogP contribution in [0.2, 0.25) is 0 Å². The van der Waals surface area contributed by atoms with Gasteiger partial charge in [-0.1, -0.05) is 182 Å². The predicted molar refractivity (Wildman–Crippen MR) is 393 cm³/mol. The number of amides is 7. The number of urea groups is 1. The fraction of sp³-hybridized carbons (Fsp3) is 0.658. The van der Waals surface area contributed by atoms with E-state index >= 15 is 0 Å². The van der Waals surface area contributed by atoms with Crippen LogP contribution >= 0.6 is 0 Å². The summed E-state index contributed by atoms with van der Waals surface area (Å²) in [5.41, 5.74) is 8.47. The van der Waals surface area contributed by atoms with Crippen molar-refractivity contribution >= 4 is 58.8 Å². The highest BCUT2D eigenvalue weighted by molar-refractivity contribution is 5.93. The van der Waals surface area contributed by atoms with Crippen molar-refractivity contribution in [3.05, 3.63) is 102 Å². The van der Waals surface area contributed by atoms with Crippen LogP contribution in [0.15, 0.2) is 84.9 Å².